The number of nitrogens with one attached hydrogen (secondary N) is 1. The fraction of sp³-hybridized carbons (Fsp3) is 0.190. The van der Waals surface area contributed by atoms with Crippen molar-refractivity contribution >= 4 is 15.7 Å². The van der Waals surface area contributed by atoms with Crippen molar-refractivity contribution in [2.75, 3.05) is 4.72 Å². The van der Waals surface area contributed by atoms with Gasteiger partial charge in [-0.25, -0.2) is 8.42 Å². The lowest BCUT2D eigenvalue weighted by Crippen LogP contribution is -2.17. The molecule has 0 spiro atoms. The molecule has 1 heterocycles. The van der Waals surface area contributed by atoms with Crippen molar-refractivity contribution in [3.8, 4) is 11.1 Å². The van der Waals surface area contributed by atoms with E-state index in [-0.39, 0.29) is 23.9 Å². The number of pyridine rings is 1. The summed E-state index contributed by atoms with van der Waals surface area (Å²) in [7, 11) is -4.73. The van der Waals surface area contributed by atoms with Gasteiger partial charge in [0.15, 0.2) is 0 Å². The summed E-state index contributed by atoms with van der Waals surface area (Å²) < 4.78 is 105. The number of aryl methyl sites for hydroxylation is 1. The number of hydrogen-bond donors (Lipinski definition) is 1. The van der Waals surface area contributed by atoms with Crippen molar-refractivity contribution in [3.63, 3.8) is 0 Å². The Kier molecular flexibility index (Phi) is 6.23. The molecule has 4 nitrogen and oxygen atoms in total. The molecule has 0 radical (unpaired) electrons. The van der Waals surface area contributed by atoms with Crippen molar-refractivity contribution in [3.05, 3.63) is 77.6 Å². The van der Waals surface area contributed by atoms with Gasteiger partial charge in [-0.05, 0) is 60.0 Å². The molecule has 0 fully saturated rings. The Balaban J connectivity index is 1.93. The number of anilines is 1. The number of benzene rings is 2. The lowest BCUT2D eigenvalue weighted by Gasteiger charge is -2.15. The molecule has 0 aliphatic heterocycles. The van der Waals surface area contributed by atoms with Gasteiger partial charge in [-0.2, -0.15) is 26.3 Å². The van der Waals surface area contributed by atoms with Crippen LogP contribution < -0.4 is 4.72 Å². The SMILES string of the molecule is CCc1cc(-c2ccc(NS(=O)(=O)c3cc(C(F)(F)F)cc(C(F)(F)F)c3)cc2)ccn1. The van der Waals surface area contributed by atoms with E-state index in [2.05, 4.69) is 4.98 Å². The van der Waals surface area contributed by atoms with Gasteiger partial charge in [-0.1, -0.05) is 19.1 Å². The molecule has 2 aromatic carbocycles. The van der Waals surface area contributed by atoms with E-state index in [0.717, 1.165) is 16.8 Å². The molecule has 0 aliphatic carbocycles. The Bertz CT molecular complexity index is 1190. The largest absolute Gasteiger partial charge is 0.416 e. The van der Waals surface area contributed by atoms with Gasteiger partial charge >= 0.3 is 12.4 Å². The second kappa shape index (κ2) is 8.45. The molecular weight excluding hydrogens is 458 g/mol. The summed E-state index contributed by atoms with van der Waals surface area (Å²) in [5.41, 5.74) is -1.07. The standard InChI is InChI=1S/C21H16F6N2O2S/c1-2-17-9-14(7-8-28-17)13-3-5-18(6-4-13)29-32(30,31)19-11-15(20(22,23)24)10-16(12-19)21(25,26)27/h3-12,29H,2H2,1H3. The van der Waals surface area contributed by atoms with Gasteiger partial charge in [0.1, 0.15) is 0 Å². The predicted octanol–water partition coefficient (Wildman–Crippen LogP) is 6.15. The molecule has 1 aromatic heterocycles. The summed E-state index contributed by atoms with van der Waals surface area (Å²) in [6, 6.07) is 9.64. The van der Waals surface area contributed by atoms with Crippen LogP contribution in [0.1, 0.15) is 23.7 Å². The van der Waals surface area contributed by atoms with E-state index in [0.29, 0.717) is 6.42 Å². The molecule has 0 aliphatic rings. The zero-order valence-electron chi connectivity index (χ0n) is 16.4. The normalized spacial score (nSPS) is 12.6. The monoisotopic (exact) mass is 474 g/mol. The topological polar surface area (TPSA) is 59.1 Å². The summed E-state index contributed by atoms with van der Waals surface area (Å²) in [5.74, 6) is 0. The summed E-state index contributed by atoms with van der Waals surface area (Å²) in [4.78, 5) is 3.03. The van der Waals surface area contributed by atoms with Crippen molar-refractivity contribution < 1.29 is 34.8 Å². The minimum atomic E-state index is -5.16. The number of rotatable bonds is 5. The molecule has 11 heteroatoms. The molecule has 0 unspecified atom stereocenters. The van der Waals surface area contributed by atoms with Crippen molar-refractivity contribution in [1.82, 2.24) is 4.98 Å². The number of halogens is 6. The Labute approximate surface area is 180 Å². The number of sulfonamides is 1. The summed E-state index contributed by atoms with van der Waals surface area (Å²) in [6.45, 7) is 1.93. The quantitative estimate of drug-likeness (QED) is 0.452. The molecule has 3 aromatic rings. The van der Waals surface area contributed by atoms with Crippen LogP contribution in [0, 0.1) is 0 Å². The van der Waals surface area contributed by atoms with Crippen LogP contribution in [-0.4, -0.2) is 13.4 Å². The first-order chi connectivity index (χ1) is 14.8. The smallest absolute Gasteiger partial charge is 0.280 e. The van der Waals surface area contributed by atoms with E-state index in [9.17, 15) is 34.8 Å². The molecule has 3 rings (SSSR count). The van der Waals surface area contributed by atoms with Gasteiger partial charge < -0.3 is 0 Å². The van der Waals surface area contributed by atoms with Gasteiger partial charge in [0, 0.05) is 17.6 Å². The van der Waals surface area contributed by atoms with Crippen LogP contribution in [0.2, 0.25) is 0 Å². The van der Waals surface area contributed by atoms with E-state index < -0.39 is 38.4 Å². The number of alkyl halides is 6. The Morgan fingerprint density at radius 2 is 1.38 bits per heavy atom. The summed E-state index contributed by atoms with van der Waals surface area (Å²) in [5, 5.41) is 0. The highest BCUT2D eigenvalue weighted by atomic mass is 32.2. The van der Waals surface area contributed by atoms with Crippen LogP contribution in [0.5, 0.6) is 0 Å². The average molecular weight is 474 g/mol. The maximum Gasteiger partial charge on any atom is 0.416 e. The molecule has 170 valence electrons. The third-order valence-electron chi connectivity index (χ3n) is 4.52. The van der Waals surface area contributed by atoms with E-state index >= 15 is 0 Å². The molecular formula is C21H16F6N2O2S. The van der Waals surface area contributed by atoms with Gasteiger partial charge in [0.2, 0.25) is 0 Å². The predicted molar refractivity (Wildman–Crippen MR) is 106 cm³/mol. The Morgan fingerprint density at radius 3 is 1.88 bits per heavy atom. The van der Waals surface area contributed by atoms with Crippen molar-refractivity contribution in [1.29, 1.82) is 0 Å². The van der Waals surface area contributed by atoms with E-state index in [1.807, 2.05) is 17.7 Å². The molecule has 0 atom stereocenters. The van der Waals surface area contributed by atoms with Crippen LogP contribution in [0.15, 0.2) is 65.7 Å². The highest BCUT2D eigenvalue weighted by Crippen LogP contribution is 2.37. The van der Waals surface area contributed by atoms with Crippen LogP contribution in [0.3, 0.4) is 0 Å². The van der Waals surface area contributed by atoms with Crippen LogP contribution in [-0.2, 0) is 28.8 Å². The fourth-order valence-corrected chi connectivity index (χ4v) is 4.01. The lowest BCUT2D eigenvalue weighted by molar-refractivity contribution is -0.143. The highest BCUT2D eigenvalue weighted by molar-refractivity contribution is 7.92. The second-order valence-electron chi connectivity index (χ2n) is 6.81. The van der Waals surface area contributed by atoms with Gasteiger partial charge in [0.05, 0.1) is 16.0 Å². The van der Waals surface area contributed by atoms with Gasteiger partial charge in [-0.15, -0.1) is 0 Å². The first-order valence-corrected chi connectivity index (χ1v) is 10.7. The maximum absolute atomic E-state index is 13.0. The van der Waals surface area contributed by atoms with Gasteiger partial charge in [0.25, 0.3) is 10.0 Å². The first kappa shape index (κ1) is 23.6. The minimum absolute atomic E-state index is 0.0236. The van der Waals surface area contributed by atoms with E-state index in [1.54, 1.807) is 24.4 Å². The minimum Gasteiger partial charge on any atom is -0.280 e. The highest BCUT2D eigenvalue weighted by Gasteiger charge is 2.38. The van der Waals surface area contributed by atoms with Crippen LogP contribution in [0.4, 0.5) is 32.0 Å². The Hall–Kier alpha value is -3.08. The van der Waals surface area contributed by atoms with Crippen molar-refractivity contribution in [2.24, 2.45) is 0 Å². The number of hydrogen-bond acceptors (Lipinski definition) is 3. The third-order valence-corrected chi connectivity index (χ3v) is 5.88. The lowest BCUT2D eigenvalue weighted by atomic mass is 10.1. The number of aromatic nitrogens is 1. The average Bonchev–Trinajstić information content (AvgIpc) is 2.72. The number of nitrogens with zero attached hydrogens (tertiary/aromatic N) is 1. The molecule has 32 heavy (non-hydrogen) atoms. The van der Waals surface area contributed by atoms with Gasteiger partial charge in [-0.3, -0.25) is 9.71 Å². The molecule has 1 N–H and O–H groups in total. The molecule has 0 bridgehead atoms. The first-order valence-electron chi connectivity index (χ1n) is 9.17. The zero-order chi connectivity index (χ0) is 23.7. The van der Waals surface area contributed by atoms with Crippen LogP contribution >= 0.6 is 0 Å². The second-order valence-corrected chi connectivity index (χ2v) is 8.50. The molecule has 0 amide bonds. The molecule has 0 saturated carbocycles. The van der Waals surface area contributed by atoms with E-state index in [4.69, 9.17) is 0 Å². The van der Waals surface area contributed by atoms with Crippen molar-refractivity contribution in [2.45, 2.75) is 30.6 Å². The zero-order valence-corrected chi connectivity index (χ0v) is 17.2. The summed E-state index contributed by atoms with van der Waals surface area (Å²) >= 11 is 0. The fourth-order valence-electron chi connectivity index (χ4n) is 2.88. The third kappa shape index (κ3) is 5.39. The molecule has 0 saturated heterocycles. The summed E-state index contributed by atoms with van der Waals surface area (Å²) in [6.07, 6.45) is -7.98. The van der Waals surface area contributed by atoms with E-state index in [1.165, 1.54) is 12.1 Å². The van der Waals surface area contributed by atoms with Crippen LogP contribution in [0.25, 0.3) is 11.1 Å². The maximum atomic E-state index is 13.0. The Morgan fingerprint density at radius 1 is 0.812 bits per heavy atom.